The Kier molecular flexibility index (Phi) is 4.06. The lowest BCUT2D eigenvalue weighted by molar-refractivity contribution is -0.123. The highest BCUT2D eigenvalue weighted by Crippen LogP contribution is 2.17. The molecule has 98 valence electrons. The topological polar surface area (TPSA) is 54.3 Å². The van der Waals surface area contributed by atoms with E-state index >= 15 is 0 Å². The van der Waals surface area contributed by atoms with Crippen LogP contribution in [0.15, 0.2) is 16.7 Å². The van der Waals surface area contributed by atoms with Crippen LogP contribution in [0, 0.1) is 0 Å². The van der Waals surface area contributed by atoms with Crippen molar-refractivity contribution in [3.8, 4) is 0 Å². The number of nitrogens with zero attached hydrogens (tertiary/aromatic N) is 2. The predicted molar refractivity (Wildman–Crippen MR) is 71.3 cm³/mol. The molecule has 2 rings (SSSR count). The van der Waals surface area contributed by atoms with Crippen LogP contribution in [0.25, 0.3) is 0 Å². The standard InChI is InChI=1S/C12H16BrN3O2/c1-2-4-15-7-9(13)6-10(15)12(18)16-5-3-14-11(17)8-16/h6-7H,2-5,8H2,1H3,(H,14,17). The summed E-state index contributed by atoms with van der Waals surface area (Å²) in [7, 11) is 0. The fourth-order valence-corrected chi connectivity index (χ4v) is 2.52. The first-order valence-corrected chi connectivity index (χ1v) is 6.82. The number of aromatic nitrogens is 1. The van der Waals surface area contributed by atoms with Crippen molar-refractivity contribution in [2.75, 3.05) is 19.6 Å². The van der Waals surface area contributed by atoms with E-state index < -0.39 is 0 Å². The van der Waals surface area contributed by atoms with Gasteiger partial charge in [-0.15, -0.1) is 0 Å². The predicted octanol–water partition coefficient (Wildman–Crippen LogP) is 1.23. The van der Waals surface area contributed by atoms with E-state index in [1.54, 1.807) is 4.90 Å². The Hall–Kier alpha value is -1.30. The molecular weight excluding hydrogens is 298 g/mol. The molecule has 0 bridgehead atoms. The summed E-state index contributed by atoms with van der Waals surface area (Å²) in [5, 5.41) is 2.71. The Morgan fingerprint density at radius 1 is 1.56 bits per heavy atom. The summed E-state index contributed by atoms with van der Waals surface area (Å²) in [4.78, 5) is 25.3. The first kappa shape index (κ1) is 13.1. The van der Waals surface area contributed by atoms with E-state index in [4.69, 9.17) is 0 Å². The zero-order valence-electron chi connectivity index (χ0n) is 10.3. The monoisotopic (exact) mass is 313 g/mol. The van der Waals surface area contributed by atoms with Gasteiger partial charge in [0, 0.05) is 30.3 Å². The van der Waals surface area contributed by atoms with Crippen molar-refractivity contribution in [2.24, 2.45) is 0 Å². The highest BCUT2D eigenvalue weighted by atomic mass is 79.9. The second kappa shape index (κ2) is 5.56. The van der Waals surface area contributed by atoms with E-state index in [1.165, 1.54) is 0 Å². The van der Waals surface area contributed by atoms with Gasteiger partial charge in [0.2, 0.25) is 5.91 Å². The van der Waals surface area contributed by atoms with Gasteiger partial charge in [-0.3, -0.25) is 9.59 Å². The molecule has 1 saturated heterocycles. The van der Waals surface area contributed by atoms with Crippen LogP contribution in [0.5, 0.6) is 0 Å². The lowest BCUT2D eigenvalue weighted by atomic mass is 10.3. The number of amides is 2. The summed E-state index contributed by atoms with van der Waals surface area (Å²) in [6.45, 7) is 4.11. The number of rotatable bonds is 3. The molecule has 18 heavy (non-hydrogen) atoms. The van der Waals surface area contributed by atoms with Crippen molar-refractivity contribution in [1.29, 1.82) is 0 Å². The molecule has 1 aromatic heterocycles. The average Bonchev–Trinajstić information content (AvgIpc) is 2.70. The van der Waals surface area contributed by atoms with Crippen LogP contribution in [-0.2, 0) is 11.3 Å². The van der Waals surface area contributed by atoms with E-state index in [2.05, 4.69) is 28.2 Å². The van der Waals surface area contributed by atoms with Crippen LogP contribution in [0.1, 0.15) is 23.8 Å². The molecule has 1 aromatic rings. The summed E-state index contributed by atoms with van der Waals surface area (Å²) in [5.41, 5.74) is 0.637. The summed E-state index contributed by atoms with van der Waals surface area (Å²) in [6.07, 6.45) is 2.86. The summed E-state index contributed by atoms with van der Waals surface area (Å²) < 4.78 is 2.82. The number of nitrogens with one attached hydrogen (secondary N) is 1. The molecule has 6 heteroatoms. The third-order valence-corrected chi connectivity index (χ3v) is 3.31. The lowest BCUT2D eigenvalue weighted by Crippen LogP contribution is -2.50. The Morgan fingerprint density at radius 2 is 2.33 bits per heavy atom. The summed E-state index contributed by atoms with van der Waals surface area (Å²) in [6, 6.07) is 1.81. The van der Waals surface area contributed by atoms with E-state index in [9.17, 15) is 9.59 Å². The van der Waals surface area contributed by atoms with Crippen LogP contribution in [0.3, 0.4) is 0 Å². The molecule has 0 radical (unpaired) electrons. The zero-order chi connectivity index (χ0) is 13.1. The fraction of sp³-hybridized carbons (Fsp3) is 0.500. The molecule has 0 unspecified atom stereocenters. The SMILES string of the molecule is CCCn1cc(Br)cc1C(=O)N1CCNC(=O)C1. The second-order valence-corrected chi connectivity index (χ2v) is 5.23. The maximum atomic E-state index is 12.4. The molecule has 2 amide bonds. The van der Waals surface area contributed by atoms with Crippen LogP contribution in [0.2, 0.25) is 0 Å². The van der Waals surface area contributed by atoms with Crippen molar-refractivity contribution in [1.82, 2.24) is 14.8 Å². The first-order chi connectivity index (χ1) is 8.61. The van der Waals surface area contributed by atoms with Crippen LogP contribution in [-0.4, -0.2) is 40.9 Å². The third-order valence-electron chi connectivity index (χ3n) is 2.87. The minimum Gasteiger partial charge on any atom is -0.353 e. The quantitative estimate of drug-likeness (QED) is 0.912. The van der Waals surface area contributed by atoms with Gasteiger partial charge in [-0.2, -0.15) is 0 Å². The minimum absolute atomic E-state index is 0.0796. The molecule has 1 fully saturated rings. The van der Waals surface area contributed by atoms with Crippen molar-refractivity contribution in [3.05, 3.63) is 22.4 Å². The smallest absolute Gasteiger partial charge is 0.271 e. The van der Waals surface area contributed by atoms with E-state index in [0.717, 1.165) is 17.4 Å². The normalized spacial score (nSPS) is 15.7. The number of aryl methyl sites for hydroxylation is 1. The number of hydrogen-bond acceptors (Lipinski definition) is 2. The molecule has 0 saturated carbocycles. The third kappa shape index (κ3) is 2.75. The van der Waals surface area contributed by atoms with Crippen LogP contribution >= 0.6 is 15.9 Å². The van der Waals surface area contributed by atoms with Crippen molar-refractivity contribution >= 4 is 27.7 Å². The van der Waals surface area contributed by atoms with Gasteiger partial charge in [0.1, 0.15) is 5.69 Å². The molecule has 1 aliphatic rings. The Bertz CT molecular complexity index is 470. The summed E-state index contributed by atoms with van der Waals surface area (Å²) in [5.74, 6) is -0.175. The van der Waals surface area contributed by atoms with Gasteiger partial charge in [-0.05, 0) is 28.4 Å². The molecule has 1 N–H and O–H groups in total. The number of carbonyl (C=O) groups excluding carboxylic acids is 2. The van der Waals surface area contributed by atoms with Crippen molar-refractivity contribution in [2.45, 2.75) is 19.9 Å². The second-order valence-electron chi connectivity index (χ2n) is 4.31. The van der Waals surface area contributed by atoms with E-state index in [-0.39, 0.29) is 18.4 Å². The van der Waals surface area contributed by atoms with Crippen LogP contribution < -0.4 is 5.32 Å². The number of carbonyl (C=O) groups is 2. The molecule has 0 aromatic carbocycles. The number of hydrogen-bond donors (Lipinski definition) is 1. The number of halogens is 1. The maximum Gasteiger partial charge on any atom is 0.271 e. The van der Waals surface area contributed by atoms with Crippen molar-refractivity contribution in [3.63, 3.8) is 0 Å². The highest BCUT2D eigenvalue weighted by molar-refractivity contribution is 9.10. The highest BCUT2D eigenvalue weighted by Gasteiger charge is 2.24. The first-order valence-electron chi connectivity index (χ1n) is 6.03. The van der Waals surface area contributed by atoms with Crippen molar-refractivity contribution < 1.29 is 9.59 Å². The summed E-state index contributed by atoms with van der Waals surface area (Å²) >= 11 is 3.39. The van der Waals surface area contributed by atoms with E-state index in [1.807, 2.05) is 16.8 Å². The minimum atomic E-state index is -0.0951. The molecule has 0 atom stereocenters. The van der Waals surface area contributed by atoms with Gasteiger partial charge in [0.15, 0.2) is 0 Å². The Balaban J connectivity index is 2.19. The van der Waals surface area contributed by atoms with Gasteiger partial charge >= 0.3 is 0 Å². The van der Waals surface area contributed by atoms with Gasteiger partial charge in [0.25, 0.3) is 5.91 Å². The van der Waals surface area contributed by atoms with Gasteiger partial charge in [0.05, 0.1) is 6.54 Å². The average molecular weight is 314 g/mol. The zero-order valence-corrected chi connectivity index (χ0v) is 11.9. The molecule has 5 nitrogen and oxygen atoms in total. The van der Waals surface area contributed by atoms with Crippen LogP contribution in [0.4, 0.5) is 0 Å². The van der Waals surface area contributed by atoms with Gasteiger partial charge in [-0.25, -0.2) is 0 Å². The van der Waals surface area contributed by atoms with Gasteiger partial charge in [-0.1, -0.05) is 6.92 Å². The maximum absolute atomic E-state index is 12.4. The Labute approximate surface area is 114 Å². The molecule has 1 aliphatic heterocycles. The largest absolute Gasteiger partial charge is 0.353 e. The molecule has 0 spiro atoms. The molecule has 2 heterocycles. The lowest BCUT2D eigenvalue weighted by Gasteiger charge is -2.27. The van der Waals surface area contributed by atoms with E-state index in [0.29, 0.717) is 18.8 Å². The fourth-order valence-electron chi connectivity index (χ4n) is 2.05. The molecule has 0 aliphatic carbocycles. The molecular formula is C12H16BrN3O2. The number of piperazine rings is 1. The van der Waals surface area contributed by atoms with Gasteiger partial charge < -0.3 is 14.8 Å². The Morgan fingerprint density at radius 3 is 3.00 bits per heavy atom.